The van der Waals surface area contributed by atoms with Gasteiger partial charge >= 0.3 is 6.18 Å². The molecule has 0 saturated heterocycles. The van der Waals surface area contributed by atoms with E-state index in [1.807, 2.05) is 0 Å². The van der Waals surface area contributed by atoms with Crippen LogP contribution in [0.3, 0.4) is 0 Å². The average Bonchev–Trinajstić information content (AvgIpc) is 2.45. The molecule has 0 aliphatic carbocycles. The molecule has 0 radical (unpaired) electrons. The molecule has 0 saturated carbocycles. The van der Waals surface area contributed by atoms with Gasteiger partial charge in [0.25, 0.3) is 0 Å². The normalized spacial score (nSPS) is 12.3. The first-order valence-electron chi connectivity index (χ1n) is 6.02. The summed E-state index contributed by atoms with van der Waals surface area (Å²) in [6.45, 7) is 0. The van der Waals surface area contributed by atoms with Crippen LogP contribution in [0, 0.1) is 0 Å². The maximum Gasteiger partial charge on any atom is 0.417 e. The summed E-state index contributed by atoms with van der Waals surface area (Å²) in [6.07, 6.45) is -3.95. The Morgan fingerprint density at radius 1 is 0.905 bits per heavy atom. The second kappa shape index (κ2) is 6.26. The summed E-state index contributed by atoms with van der Waals surface area (Å²) in [6, 6.07) is 13.4. The second-order valence-corrected chi connectivity index (χ2v) is 5.21. The second-order valence-electron chi connectivity index (χ2n) is 4.29. The standard InChI is InChI=1S/C16H10BrF3O/c17-13-8-6-12(7-9-13)15(21)10-14(16(18,19)20)11-4-2-1-3-5-11/h1-10H/b14-10+. The lowest BCUT2D eigenvalue weighted by molar-refractivity contribution is -0.0689. The van der Waals surface area contributed by atoms with E-state index in [1.54, 1.807) is 18.2 Å². The lowest BCUT2D eigenvalue weighted by Gasteiger charge is -2.11. The van der Waals surface area contributed by atoms with E-state index in [-0.39, 0.29) is 11.1 Å². The smallest absolute Gasteiger partial charge is 0.289 e. The molecule has 2 rings (SSSR count). The summed E-state index contributed by atoms with van der Waals surface area (Å²) in [7, 11) is 0. The van der Waals surface area contributed by atoms with Crippen molar-refractivity contribution in [1.29, 1.82) is 0 Å². The summed E-state index contributed by atoms with van der Waals surface area (Å²) < 4.78 is 40.1. The van der Waals surface area contributed by atoms with Crippen molar-refractivity contribution in [2.45, 2.75) is 6.18 Å². The van der Waals surface area contributed by atoms with Gasteiger partial charge in [-0.05, 0) is 35.9 Å². The fourth-order valence-electron chi connectivity index (χ4n) is 1.78. The third-order valence-electron chi connectivity index (χ3n) is 2.79. The Morgan fingerprint density at radius 2 is 1.48 bits per heavy atom. The molecule has 0 aromatic heterocycles. The van der Waals surface area contributed by atoms with Crippen LogP contribution in [0.1, 0.15) is 15.9 Å². The number of rotatable bonds is 3. The van der Waals surface area contributed by atoms with Crippen molar-refractivity contribution < 1.29 is 18.0 Å². The predicted molar refractivity (Wildman–Crippen MR) is 78.9 cm³/mol. The fraction of sp³-hybridized carbons (Fsp3) is 0.0625. The molecule has 0 amide bonds. The molecule has 0 fully saturated rings. The Hall–Kier alpha value is -1.88. The van der Waals surface area contributed by atoms with Gasteiger partial charge in [0, 0.05) is 10.0 Å². The zero-order valence-electron chi connectivity index (χ0n) is 10.7. The molecule has 0 aliphatic heterocycles. The maximum absolute atomic E-state index is 13.1. The Balaban J connectivity index is 2.42. The molecule has 0 aliphatic rings. The molecule has 0 unspecified atom stereocenters. The van der Waals surface area contributed by atoms with Crippen molar-refractivity contribution in [2.24, 2.45) is 0 Å². The van der Waals surface area contributed by atoms with Gasteiger partial charge in [0.15, 0.2) is 5.78 Å². The van der Waals surface area contributed by atoms with E-state index in [4.69, 9.17) is 0 Å². The van der Waals surface area contributed by atoms with Crippen LogP contribution < -0.4 is 0 Å². The first kappa shape index (κ1) is 15.5. The Labute approximate surface area is 128 Å². The highest BCUT2D eigenvalue weighted by molar-refractivity contribution is 9.10. The molecule has 1 nitrogen and oxygen atoms in total. The topological polar surface area (TPSA) is 17.1 Å². The zero-order chi connectivity index (χ0) is 15.5. The van der Waals surface area contributed by atoms with Crippen molar-refractivity contribution in [2.75, 3.05) is 0 Å². The molecule has 0 bridgehead atoms. The van der Waals surface area contributed by atoms with Crippen LogP contribution in [0.5, 0.6) is 0 Å². The number of allylic oxidation sites excluding steroid dienone is 2. The molecule has 2 aromatic carbocycles. The van der Waals surface area contributed by atoms with Crippen LogP contribution in [-0.4, -0.2) is 12.0 Å². The van der Waals surface area contributed by atoms with Gasteiger partial charge in [-0.15, -0.1) is 0 Å². The van der Waals surface area contributed by atoms with E-state index in [0.717, 1.165) is 4.47 Å². The Kier molecular flexibility index (Phi) is 4.63. The minimum Gasteiger partial charge on any atom is -0.289 e. The van der Waals surface area contributed by atoms with E-state index in [0.29, 0.717) is 6.08 Å². The molecule has 0 spiro atoms. The number of carbonyl (C=O) groups is 1. The largest absolute Gasteiger partial charge is 0.417 e. The van der Waals surface area contributed by atoms with Gasteiger partial charge in [-0.2, -0.15) is 13.2 Å². The van der Waals surface area contributed by atoms with Gasteiger partial charge in [0.05, 0.1) is 5.57 Å². The van der Waals surface area contributed by atoms with Crippen molar-refractivity contribution in [3.05, 3.63) is 76.3 Å². The minimum absolute atomic E-state index is 0.0320. The first-order valence-corrected chi connectivity index (χ1v) is 6.81. The number of halogens is 4. The third kappa shape index (κ3) is 4.04. The summed E-state index contributed by atoms with van der Waals surface area (Å²) in [5, 5.41) is 0. The lowest BCUT2D eigenvalue weighted by atomic mass is 10.0. The number of benzene rings is 2. The molecular weight excluding hydrogens is 345 g/mol. The van der Waals surface area contributed by atoms with Gasteiger partial charge in [-0.25, -0.2) is 0 Å². The van der Waals surface area contributed by atoms with Crippen molar-refractivity contribution >= 4 is 27.3 Å². The molecule has 0 N–H and O–H groups in total. The average molecular weight is 355 g/mol. The Bertz CT molecular complexity index is 658. The molecular formula is C16H10BrF3O. The van der Waals surface area contributed by atoms with E-state index >= 15 is 0 Å². The molecule has 0 heterocycles. The van der Waals surface area contributed by atoms with Gasteiger partial charge < -0.3 is 0 Å². The third-order valence-corrected chi connectivity index (χ3v) is 3.32. The van der Waals surface area contributed by atoms with Gasteiger partial charge in [-0.1, -0.05) is 46.3 Å². The predicted octanol–water partition coefficient (Wildman–Crippen LogP) is 5.28. The summed E-state index contributed by atoms with van der Waals surface area (Å²) >= 11 is 3.21. The molecule has 108 valence electrons. The van der Waals surface area contributed by atoms with E-state index < -0.39 is 17.5 Å². The van der Waals surface area contributed by atoms with E-state index in [1.165, 1.54) is 36.4 Å². The SMILES string of the molecule is O=C(/C=C(\c1ccccc1)C(F)(F)F)c1ccc(Br)cc1. The maximum atomic E-state index is 13.1. The van der Waals surface area contributed by atoms with Crippen LogP contribution in [0.15, 0.2) is 65.1 Å². The minimum atomic E-state index is -4.59. The fourth-order valence-corrected chi connectivity index (χ4v) is 2.04. The molecule has 21 heavy (non-hydrogen) atoms. The van der Waals surface area contributed by atoms with Crippen LogP contribution in [0.4, 0.5) is 13.2 Å². The van der Waals surface area contributed by atoms with Crippen LogP contribution in [-0.2, 0) is 0 Å². The van der Waals surface area contributed by atoms with Gasteiger partial charge in [-0.3, -0.25) is 4.79 Å². The molecule has 5 heteroatoms. The van der Waals surface area contributed by atoms with Gasteiger partial charge in [0.2, 0.25) is 0 Å². The van der Waals surface area contributed by atoms with Crippen molar-refractivity contribution in [3.63, 3.8) is 0 Å². The number of carbonyl (C=O) groups excluding carboxylic acids is 1. The van der Waals surface area contributed by atoms with E-state index in [9.17, 15) is 18.0 Å². The zero-order valence-corrected chi connectivity index (χ0v) is 12.3. The molecule has 2 aromatic rings. The summed E-state index contributed by atoms with van der Waals surface area (Å²) in [5.41, 5.74) is -0.776. The monoisotopic (exact) mass is 354 g/mol. The van der Waals surface area contributed by atoms with Crippen LogP contribution >= 0.6 is 15.9 Å². The summed E-state index contributed by atoms with van der Waals surface area (Å²) in [5.74, 6) is -0.682. The number of hydrogen-bond acceptors (Lipinski definition) is 1. The number of hydrogen-bond donors (Lipinski definition) is 0. The van der Waals surface area contributed by atoms with Crippen LogP contribution in [0.25, 0.3) is 5.57 Å². The van der Waals surface area contributed by atoms with E-state index in [2.05, 4.69) is 15.9 Å². The quantitative estimate of drug-likeness (QED) is 0.541. The van der Waals surface area contributed by atoms with Crippen LogP contribution in [0.2, 0.25) is 0 Å². The van der Waals surface area contributed by atoms with Crippen molar-refractivity contribution in [1.82, 2.24) is 0 Å². The number of alkyl halides is 3. The number of ketones is 1. The summed E-state index contributed by atoms with van der Waals surface area (Å²) in [4.78, 5) is 12.0. The first-order chi connectivity index (χ1) is 9.88. The highest BCUT2D eigenvalue weighted by Crippen LogP contribution is 2.34. The van der Waals surface area contributed by atoms with Crippen molar-refractivity contribution in [3.8, 4) is 0 Å². The lowest BCUT2D eigenvalue weighted by Crippen LogP contribution is -2.12. The highest BCUT2D eigenvalue weighted by Gasteiger charge is 2.35. The molecule has 0 atom stereocenters. The van der Waals surface area contributed by atoms with Gasteiger partial charge in [0.1, 0.15) is 0 Å². The Morgan fingerprint density at radius 3 is 2.00 bits per heavy atom. The highest BCUT2D eigenvalue weighted by atomic mass is 79.9.